The lowest BCUT2D eigenvalue weighted by Crippen LogP contribution is -3.00. The van der Waals surface area contributed by atoms with Crippen LogP contribution >= 0.6 is 23.2 Å². The number of ether oxygens (including phenoxy) is 2. The van der Waals surface area contributed by atoms with Gasteiger partial charge in [0.25, 0.3) is 0 Å². The molecule has 2 heterocycles. The first kappa shape index (κ1) is 25.7. The van der Waals surface area contributed by atoms with Crippen LogP contribution < -0.4 is 32.2 Å². The van der Waals surface area contributed by atoms with Gasteiger partial charge in [-0.3, -0.25) is 0 Å². The van der Waals surface area contributed by atoms with E-state index in [4.69, 9.17) is 37.7 Å². The highest BCUT2D eigenvalue weighted by Crippen LogP contribution is 2.35. The fourth-order valence-electron chi connectivity index (χ4n) is 3.88. The minimum atomic E-state index is -0.0231. The quantitative estimate of drug-likeness (QED) is 0.369. The Bertz CT molecular complexity index is 1460. The Morgan fingerprint density at radius 3 is 2.53 bits per heavy atom. The average molecular weight is 543 g/mol. The van der Waals surface area contributed by atoms with Crippen molar-refractivity contribution < 1.29 is 26.9 Å². The normalized spacial score (nSPS) is 14.6. The van der Waals surface area contributed by atoms with E-state index in [0.29, 0.717) is 39.5 Å². The average Bonchev–Trinajstić information content (AvgIpc) is 3.25. The van der Waals surface area contributed by atoms with E-state index in [9.17, 15) is 0 Å². The molecule has 4 aromatic rings. The molecule has 36 heavy (non-hydrogen) atoms. The second-order valence-corrected chi connectivity index (χ2v) is 8.74. The Kier molecular flexibility index (Phi) is 7.94. The predicted octanol–water partition coefficient (Wildman–Crippen LogP) is 1.44. The fourth-order valence-corrected chi connectivity index (χ4v) is 4.17. The van der Waals surface area contributed by atoms with Gasteiger partial charge in [-0.1, -0.05) is 53.5 Å². The highest BCUT2D eigenvalue weighted by molar-refractivity contribution is 6.47. The largest absolute Gasteiger partial charge is 1.00 e. The smallest absolute Gasteiger partial charge is 0.242 e. The van der Waals surface area contributed by atoms with Crippen LogP contribution in [0.2, 0.25) is 10.0 Å². The van der Waals surface area contributed by atoms with E-state index in [0.717, 1.165) is 28.1 Å². The summed E-state index contributed by atoms with van der Waals surface area (Å²) in [6.07, 6.45) is 1.47. The van der Waals surface area contributed by atoms with Crippen LogP contribution in [-0.4, -0.2) is 41.3 Å². The number of benzene rings is 3. The van der Waals surface area contributed by atoms with Crippen molar-refractivity contribution in [2.75, 3.05) is 19.0 Å². The third kappa shape index (κ3) is 5.38. The number of anilines is 2. The van der Waals surface area contributed by atoms with Crippen LogP contribution in [0, 0.1) is 0 Å². The van der Waals surface area contributed by atoms with Gasteiger partial charge in [-0.05, 0) is 24.3 Å². The van der Waals surface area contributed by atoms with E-state index in [1.807, 2.05) is 55.5 Å². The van der Waals surface area contributed by atoms with E-state index in [1.165, 1.54) is 6.33 Å². The number of methoxy groups -OCH3 is 1. The summed E-state index contributed by atoms with van der Waals surface area (Å²) in [5, 5.41) is 4.98. The third-order valence-corrected chi connectivity index (χ3v) is 6.25. The van der Waals surface area contributed by atoms with Crippen molar-refractivity contribution in [3.63, 3.8) is 0 Å². The van der Waals surface area contributed by atoms with Crippen molar-refractivity contribution in [2.24, 2.45) is 4.99 Å². The topological polar surface area (TPSA) is 82.6 Å². The highest BCUT2D eigenvalue weighted by atomic mass is 35.5. The monoisotopic (exact) mass is 541 g/mol. The molecule has 0 radical (unpaired) electrons. The molecule has 10 heteroatoms. The van der Waals surface area contributed by atoms with Crippen LogP contribution in [0.1, 0.15) is 12.5 Å². The van der Waals surface area contributed by atoms with Gasteiger partial charge in [0, 0.05) is 29.6 Å². The number of rotatable bonds is 7. The highest BCUT2D eigenvalue weighted by Gasteiger charge is 2.27. The van der Waals surface area contributed by atoms with Gasteiger partial charge in [-0.15, -0.1) is 0 Å². The number of fused-ring (bicyclic) bond motifs is 1. The number of nitrogens with zero attached hydrogens (tertiary/aromatic N) is 3. The molecular formula is C26H22Cl3N5O2. The maximum Gasteiger partial charge on any atom is 0.242 e. The SMILES string of the molecule is COc1cc2c(Nc3ccc(Cl)c(Cl)c3)ncnc2cc1OCC1=[NH+]C(C)N=C1c1ccccc1.[Cl-]. The molecule has 1 unspecified atom stereocenters. The summed E-state index contributed by atoms with van der Waals surface area (Å²) < 4.78 is 11.8. The van der Waals surface area contributed by atoms with Gasteiger partial charge in [-0.2, -0.15) is 0 Å². The molecule has 3 aromatic carbocycles. The summed E-state index contributed by atoms with van der Waals surface area (Å²) in [6, 6.07) is 19.0. The van der Waals surface area contributed by atoms with Crippen LogP contribution in [0.25, 0.3) is 10.9 Å². The lowest BCUT2D eigenvalue weighted by molar-refractivity contribution is -0.491. The van der Waals surface area contributed by atoms with Crippen molar-refractivity contribution >= 4 is 57.0 Å². The lowest BCUT2D eigenvalue weighted by Gasteiger charge is -2.13. The molecule has 184 valence electrons. The van der Waals surface area contributed by atoms with Gasteiger partial charge in [-0.25, -0.2) is 20.0 Å². The molecule has 5 rings (SSSR count). The molecule has 1 aliphatic heterocycles. The standard InChI is InChI=1S/C26H21Cl2N5O2.ClH/c1-15-31-22(25(32-15)16-6-4-3-5-7-16)13-35-24-12-21-18(11-23(24)34-2)26(30-14-29-21)33-17-8-9-19(27)20(28)10-17;/h3-12,14-15H,13H2,1-2H3,(H,29,30,33);1H. The zero-order valence-corrected chi connectivity index (χ0v) is 21.7. The molecule has 0 saturated carbocycles. The van der Waals surface area contributed by atoms with Gasteiger partial charge in [0.05, 0.1) is 22.7 Å². The lowest BCUT2D eigenvalue weighted by atomic mass is 10.1. The molecule has 0 fully saturated rings. The fraction of sp³-hybridized carbons (Fsp3) is 0.154. The molecule has 7 nitrogen and oxygen atoms in total. The van der Waals surface area contributed by atoms with Crippen LogP contribution in [-0.2, 0) is 0 Å². The van der Waals surface area contributed by atoms with E-state index in [2.05, 4.69) is 20.3 Å². The number of halogens is 3. The zero-order valence-electron chi connectivity index (χ0n) is 19.4. The van der Waals surface area contributed by atoms with Gasteiger partial charge in [0.1, 0.15) is 17.9 Å². The predicted molar refractivity (Wildman–Crippen MR) is 140 cm³/mol. The first-order chi connectivity index (χ1) is 17.0. The maximum atomic E-state index is 6.19. The van der Waals surface area contributed by atoms with Crippen LogP contribution in [0.15, 0.2) is 72.0 Å². The van der Waals surface area contributed by atoms with Crippen LogP contribution in [0.5, 0.6) is 11.5 Å². The first-order valence-electron chi connectivity index (χ1n) is 11.0. The van der Waals surface area contributed by atoms with E-state index >= 15 is 0 Å². The molecule has 0 saturated heterocycles. The van der Waals surface area contributed by atoms with Gasteiger partial charge < -0.3 is 27.2 Å². The summed E-state index contributed by atoms with van der Waals surface area (Å²) in [5.74, 6) is 1.74. The van der Waals surface area contributed by atoms with E-state index in [1.54, 1.807) is 19.2 Å². The molecule has 0 amide bonds. The van der Waals surface area contributed by atoms with Crippen molar-refractivity contribution in [3.8, 4) is 11.5 Å². The van der Waals surface area contributed by atoms with Crippen LogP contribution in [0.3, 0.4) is 0 Å². The zero-order chi connectivity index (χ0) is 24.4. The minimum Gasteiger partial charge on any atom is -1.00 e. The van der Waals surface area contributed by atoms with Crippen molar-refractivity contribution in [2.45, 2.75) is 13.1 Å². The molecule has 1 aromatic heterocycles. The Morgan fingerprint density at radius 2 is 1.78 bits per heavy atom. The van der Waals surface area contributed by atoms with E-state index in [-0.39, 0.29) is 18.6 Å². The molecule has 0 spiro atoms. The Labute approximate surface area is 224 Å². The Morgan fingerprint density at radius 1 is 0.972 bits per heavy atom. The molecule has 1 aliphatic rings. The van der Waals surface area contributed by atoms with Gasteiger partial charge >= 0.3 is 0 Å². The van der Waals surface area contributed by atoms with Gasteiger partial charge in [0.2, 0.25) is 11.9 Å². The third-order valence-electron chi connectivity index (χ3n) is 5.51. The molecule has 0 aliphatic carbocycles. The summed E-state index contributed by atoms with van der Waals surface area (Å²) in [6.45, 7) is 2.31. The molecular weight excluding hydrogens is 521 g/mol. The summed E-state index contributed by atoms with van der Waals surface area (Å²) >= 11 is 12.2. The number of aromatic nitrogens is 2. The second kappa shape index (κ2) is 11.1. The van der Waals surface area contributed by atoms with E-state index < -0.39 is 0 Å². The molecule has 0 bridgehead atoms. The number of aliphatic imine (C=N–C) groups is 1. The molecule has 2 N–H and O–H groups in total. The Hall–Kier alpha value is -3.39. The second-order valence-electron chi connectivity index (χ2n) is 7.93. The summed E-state index contributed by atoms with van der Waals surface area (Å²) in [5.41, 5.74) is 4.31. The van der Waals surface area contributed by atoms with Gasteiger partial charge in [0.15, 0.2) is 18.1 Å². The summed E-state index contributed by atoms with van der Waals surface area (Å²) in [7, 11) is 1.60. The number of hydrogen-bond acceptors (Lipinski definition) is 6. The van der Waals surface area contributed by atoms with Crippen molar-refractivity contribution in [1.82, 2.24) is 9.97 Å². The number of nitrogens with one attached hydrogen (secondary N) is 2. The van der Waals surface area contributed by atoms with Crippen molar-refractivity contribution in [1.29, 1.82) is 0 Å². The Balaban J connectivity index is 0.00000304. The maximum absolute atomic E-state index is 6.19. The summed E-state index contributed by atoms with van der Waals surface area (Å²) in [4.78, 5) is 16.9. The first-order valence-corrected chi connectivity index (χ1v) is 11.7. The van der Waals surface area contributed by atoms with Crippen molar-refractivity contribution in [3.05, 3.63) is 82.6 Å². The van der Waals surface area contributed by atoms with Crippen LogP contribution in [0.4, 0.5) is 11.5 Å². The minimum absolute atomic E-state index is 0. The molecule has 1 atom stereocenters. The number of hydrogen-bond donors (Lipinski definition) is 2.